The molecule has 108 valence electrons. The average Bonchev–Trinajstić information content (AvgIpc) is 2.27. The molecule has 0 bridgehead atoms. The van der Waals surface area contributed by atoms with Gasteiger partial charge in [-0.05, 0) is 37.6 Å². The van der Waals surface area contributed by atoms with E-state index in [1.54, 1.807) is 13.8 Å². The maximum Gasteiger partial charge on any atom is 0.416 e. The zero-order chi connectivity index (χ0) is 14.6. The molecule has 0 amide bonds. The van der Waals surface area contributed by atoms with Crippen LogP contribution in [0.25, 0.3) is 0 Å². The summed E-state index contributed by atoms with van der Waals surface area (Å²) < 4.78 is 56.9. The van der Waals surface area contributed by atoms with Crippen LogP contribution in [0.2, 0.25) is 0 Å². The van der Waals surface area contributed by atoms with Crippen molar-refractivity contribution in [1.82, 2.24) is 5.43 Å². The van der Waals surface area contributed by atoms with Gasteiger partial charge in [-0.15, -0.1) is 0 Å². The molecular weight excluding hydrogens is 264 g/mol. The Bertz CT molecular complexity index is 421. The summed E-state index contributed by atoms with van der Waals surface area (Å²) in [6.45, 7) is 3.40. The maximum absolute atomic E-state index is 13.2. The highest BCUT2D eigenvalue weighted by Crippen LogP contribution is 2.35. The van der Waals surface area contributed by atoms with Crippen LogP contribution in [0.3, 0.4) is 0 Å². The summed E-state index contributed by atoms with van der Waals surface area (Å²) in [7, 11) is 0. The molecule has 1 rings (SSSR count). The summed E-state index contributed by atoms with van der Waals surface area (Å²) in [5.41, 5.74) is 1.03. The molecule has 1 aromatic rings. The van der Waals surface area contributed by atoms with Gasteiger partial charge in [-0.3, -0.25) is 11.3 Å². The Morgan fingerprint density at radius 2 is 1.95 bits per heavy atom. The Morgan fingerprint density at radius 3 is 2.42 bits per heavy atom. The first-order valence-electron chi connectivity index (χ1n) is 5.70. The molecule has 3 N–H and O–H groups in total. The second kappa shape index (κ2) is 6.31. The third-order valence-electron chi connectivity index (χ3n) is 2.49. The molecule has 0 spiro atoms. The van der Waals surface area contributed by atoms with Crippen LogP contribution in [0.1, 0.15) is 31.0 Å². The van der Waals surface area contributed by atoms with E-state index in [1.807, 2.05) is 0 Å². The molecule has 0 aliphatic carbocycles. The number of hydrogen-bond acceptors (Lipinski definition) is 3. The van der Waals surface area contributed by atoms with Gasteiger partial charge in [0.15, 0.2) is 0 Å². The Labute approximate surface area is 108 Å². The lowest BCUT2D eigenvalue weighted by molar-refractivity contribution is -0.138. The van der Waals surface area contributed by atoms with Crippen molar-refractivity contribution in [2.45, 2.75) is 32.2 Å². The SMILES string of the molecule is CC(C)OCC(NN)c1cc(F)ccc1C(F)(F)F. The number of nitrogens with one attached hydrogen (secondary N) is 1. The van der Waals surface area contributed by atoms with Crippen LogP contribution in [0.5, 0.6) is 0 Å². The predicted octanol–water partition coefficient (Wildman–Crippen LogP) is 2.77. The zero-order valence-corrected chi connectivity index (χ0v) is 10.6. The highest BCUT2D eigenvalue weighted by molar-refractivity contribution is 5.33. The summed E-state index contributed by atoms with van der Waals surface area (Å²) in [5.74, 6) is 4.48. The first kappa shape index (κ1) is 15.9. The predicted molar refractivity (Wildman–Crippen MR) is 62.6 cm³/mol. The maximum atomic E-state index is 13.2. The largest absolute Gasteiger partial charge is 0.416 e. The van der Waals surface area contributed by atoms with Crippen molar-refractivity contribution in [1.29, 1.82) is 0 Å². The van der Waals surface area contributed by atoms with Crippen molar-refractivity contribution < 1.29 is 22.3 Å². The van der Waals surface area contributed by atoms with E-state index in [0.29, 0.717) is 6.07 Å². The van der Waals surface area contributed by atoms with E-state index >= 15 is 0 Å². The summed E-state index contributed by atoms with van der Waals surface area (Å²) in [4.78, 5) is 0. The molecule has 1 aromatic carbocycles. The fourth-order valence-corrected chi connectivity index (χ4v) is 1.60. The van der Waals surface area contributed by atoms with Crippen molar-refractivity contribution in [3.8, 4) is 0 Å². The first-order valence-corrected chi connectivity index (χ1v) is 5.70. The molecule has 0 radical (unpaired) electrons. The minimum absolute atomic E-state index is 0.0826. The van der Waals surface area contributed by atoms with Crippen LogP contribution in [-0.4, -0.2) is 12.7 Å². The van der Waals surface area contributed by atoms with Gasteiger partial charge in [0.25, 0.3) is 0 Å². The topological polar surface area (TPSA) is 47.3 Å². The van der Waals surface area contributed by atoms with Gasteiger partial charge in [0.05, 0.1) is 24.3 Å². The fourth-order valence-electron chi connectivity index (χ4n) is 1.60. The Balaban J connectivity index is 3.10. The average molecular weight is 280 g/mol. The summed E-state index contributed by atoms with van der Waals surface area (Å²) in [5, 5.41) is 0. The Hall–Kier alpha value is -1.18. The van der Waals surface area contributed by atoms with Crippen molar-refractivity contribution in [2.75, 3.05) is 6.61 Å². The molecular formula is C12H16F4N2O. The minimum atomic E-state index is -4.57. The second-order valence-electron chi connectivity index (χ2n) is 4.33. The van der Waals surface area contributed by atoms with E-state index in [1.165, 1.54) is 0 Å². The van der Waals surface area contributed by atoms with E-state index in [2.05, 4.69) is 5.43 Å². The molecule has 0 aromatic heterocycles. The normalized spacial score (nSPS) is 13.9. The van der Waals surface area contributed by atoms with Crippen molar-refractivity contribution in [3.63, 3.8) is 0 Å². The van der Waals surface area contributed by atoms with E-state index < -0.39 is 23.6 Å². The van der Waals surface area contributed by atoms with Gasteiger partial charge in [-0.1, -0.05) is 0 Å². The fraction of sp³-hybridized carbons (Fsp3) is 0.500. The third-order valence-corrected chi connectivity index (χ3v) is 2.49. The number of nitrogens with two attached hydrogens (primary N) is 1. The summed E-state index contributed by atoms with van der Waals surface area (Å²) >= 11 is 0. The van der Waals surface area contributed by atoms with Crippen molar-refractivity contribution >= 4 is 0 Å². The van der Waals surface area contributed by atoms with Crippen LogP contribution in [0, 0.1) is 5.82 Å². The third kappa shape index (κ3) is 4.45. The lowest BCUT2D eigenvalue weighted by Crippen LogP contribution is -2.33. The highest BCUT2D eigenvalue weighted by atomic mass is 19.4. The molecule has 0 saturated heterocycles. The second-order valence-corrected chi connectivity index (χ2v) is 4.33. The van der Waals surface area contributed by atoms with Gasteiger partial charge in [-0.25, -0.2) is 4.39 Å². The number of hydrogen-bond donors (Lipinski definition) is 2. The summed E-state index contributed by atoms with van der Waals surface area (Å²) in [6, 6.07) is 1.35. The van der Waals surface area contributed by atoms with E-state index in [9.17, 15) is 17.6 Å². The van der Waals surface area contributed by atoms with E-state index in [4.69, 9.17) is 10.6 Å². The molecule has 0 fully saturated rings. The van der Waals surface area contributed by atoms with Gasteiger partial charge >= 0.3 is 6.18 Å². The zero-order valence-electron chi connectivity index (χ0n) is 10.6. The van der Waals surface area contributed by atoms with Crippen LogP contribution in [0.15, 0.2) is 18.2 Å². The molecule has 0 saturated carbocycles. The van der Waals surface area contributed by atoms with Gasteiger partial charge in [0, 0.05) is 0 Å². The van der Waals surface area contributed by atoms with Crippen molar-refractivity contribution in [3.05, 3.63) is 35.1 Å². The number of halogens is 4. The van der Waals surface area contributed by atoms with Crippen LogP contribution in [-0.2, 0) is 10.9 Å². The highest BCUT2D eigenvalue weighted by Gasteiger charge is 2.35. The van der Waals surface area contributed by atoms with E-state index in [-0.39, 0.29) is 18.3 Å². The first-order chi connectivity index (χ1) is 8.75. The molecule has 0 heterocycles. The molecule has 1 atom stereocenters. The standard InChI is InChI=1S/C12H16F4N2O/c1-7(2)19-6-11(18-17)9-5-8(13)3-4-10(9)12(14,15)16/h3-5,7,11,18H,6,17H2,1-2H3. The van der Waals surface area contributed by atoms with Crippen LogP contribution < -0.4 is 11.3 Å². The van der Waals surface area contributed by atoms with E-state index in [0.717, 1.165) is 12.1 Å². The number of hydrazine groups is 1. The lowest BCUT2D eigenvalue weighted by atomic mass is 10.0. The van der Waals surface area contributed by atoms with Crippen LogP contribution >= 0.6 is 0 Å². The monoisotopic (exact) mass is 280 g/mol. The Morgan fingerprint density at radius 1 is 1.32 bits per heavy atom. The molecule has 19 heavy (non-hydrogen) atoms. The van der Waals surface area contributed by atoms with Gasteiger partial charge < -0.3 is 4.74 Å². The van der Waals surface area contributed by atoms with Crippen molar-refractivity contribution in [2.24, 2.45) is 5.84 Å². The molecule has 1 unspecified atom stereocenters. The molecule has 7 heteroatoms. The number of rotatable bonds is 5. The Kier molecular flexibility index (Phi) is 5.28. The van der Waals surface area contributed by atoms with Gasteiger partial charge in [0.2, 0.25) is 0 Å². The van der Waals surface area contributed by atoms with Crippen LogP contribution in [0.4, 0.5) is 17.6 Å². The quantitative estimate of drug-likeness (QED) is 0.495. The number of alkyl halides is 3. The minimum Gasteiger partial charge on any atom is -0.377 e. The lowest BCUT2D eigenvalue weighted by Gasteiger charge is -2.22. The molecule has 3 nitrogen and oxygen atoms in total. The summed E-state index contributed by atoms with van der Waals surface area (Å²) in [6.07, 6.45) is -4.74. The molecule has 0 aliphatic rings. The number of benzene rings is 1. The molecule has 0 aliphatic heterocycles. The number of ether oxygens (including phenoxy) is 1. The van der Waals surface area contributed by atoms with Gasteiger partial charge in [0.1, 0.15) is 5.82 Å². The smallest absolute Gasteiger partial charge is 0.377 e. The van der Waals surface area contributed by atoms with Gasteiger partial charge in [-0.2, -0.15) is 13.2 Å².